The maximum absolute atomic E-state index is 4.29. The standard InChI is InChI=1S/C13H24N4S/c1-10(2)6-11(8-17(3)4)16-12-7-13(18-5)15-9-14-12/h7,9-11H,6,8H2,1-5H3,(H,14,15,16). The van der Waals surface area contributed by atoms with Crippen molar-refractivity contribution in [2.24, 2.45) is 5.92 Å². The van der Waals surface area contributed by atoms with Crippen LogP contribution in [0.4, 0.5) is 5.82 Å². The largest absolute Gasteiger partial charge is 0.366 e. The molecule has 0 fully saturated rings. The molecule has 1 unspecified atom stereocenters. The summed E-state index contributed by atoms with van der Waals surface area (Å²) in [4.78, 5) is 10.7. The number of nitrogens with one attached hydrogen (secondary N) is 1. The average molecular weight is 268 g/mol. The van der Waals surface area contributed by atoms with Crippen molar-refractivity contribution in [1.82, 2.24) is 14.9 Å². The molecule has 1 aromatic rings. The molecular formula is C13H24N4S. The van der Waals surface area contributed by atoms with Crippen LogP contribution >= 0.6 is 11.8 Å². The van der Waals surface area contributed by atoms with Crippen LogP contribution in [0.25, 0.3) is 0 Å². The van der Waals surface area contributed by atoms with E-state index in [0.29, 0.717) is 12.0 Å². The molecule has 1 atom stereocenters. The molecule has 0 amide bonds. The van der Waals surface area contributed by atoms with E-state index in [-0.39, 0.29) is 0 Å². The van der Waals surface area contributed by atoms with Crippen LogP contribution in [-0.2, 0) is 0 Å². The molecule has 1 N–H and O–H groups in total. The number of anilines is 1. The Kier molecular flexibility index (Phi) is 6.43. The molecule has 1 heterocycles. The quantitative estimate of drug-likeness (QED) is 0.608. The Hall–Kier alpha value is -0.810. The van der Waals surface area contributed by atoms with Crippen molar-refractivity contribution < 1.29 is 0 Å². The van der Waals surface area contributed by atoms with Crippen molar-refractivity contribution in [3.8, 4) is 0 Å². The lowest BCUT2D eigenvalue weighted by Gasteiger charge is -2.24. The molecule has 0 radical (unpaired) electrons. The minimum atomic E-state index is 0.421. The Morgan fingerprint density at radius 1 is 1.33 bits per heavy atom. The van der Waals surface area contributed by atoms with E-state index in [1.165, 1.54) is 0 Å². The zero-order valence-corrected chi connectivity index (χ0v) is 12.8. The van der Waals surface area contributed by atoms with Gasteiger partial charge in [0.2, 0.25) is 0 Å². The molecule has 0 aliphatic rings. The monoisotopic (exact) mass is 268 g/mol. The highest BCUT2D eigenvalue weighted by Gasteiger charge is 2.12. The highest BCUT2D eigenvalue weighted by Crippen LogP contribution is 2.16. The van der Waals surface area contributed by atoms with E-state index >= 15 is 0 Å². The molecule has 0 saturated heterocycles. The smallest absolute Gasteiger partial charge is 0.130 e. The Morgan fingerprint density at radius 2 is 2.06 bits per heavy atom. The van der Waals surface area contributed by atoms with Crippen molar-refractivity contribution >= 4 is 17.6 Å². The number of hydrogen-bond acceptors (Lipinski definition) is 5. The maximum Gasteiger partial charge on any atom is 0.130 e. The van der Waals surface area contributed by atoms with Gasteiger partial charge in [-0.2, -0.15) is 0 Å². The van der Waals surface area contributed by atoms with E-state index in [0.717, 1.165) is 23.8 Å². The van der Waals surface area contributed by atoms with Crippen LogP contribution in [0.15, 0.2) is 17.4 Å². The number of aromatic nitrogens is 2. The van der Waals surface area contributed by atoms with Crippen LogP contribution in [0.1, 0.15) is 20.3 Å². The lowest BCUT2D eigenvalue weighted by molar-refractivity contribution is 0.356. The van der Waals surface area contributed by atoms with Crippen molar-refractivity contribution in [3.63, 3.8) is 0 Å². The Labute approximate surface area is 115 Å². The third kappa shape index (κ3) is 5.69. The van der Waals surface area contributed by atoms with Gasteiger partial charge < -0.3 is 10.2 Å². The third-order valence-corrected chi connectivity index (χ3v) is 3.19. The van der Waals surface area contributed by atoms with Gasteiger partial charge in [-0.25, -0.2) is 9.97 Å². The molecule has 0 spiro atoms. The first kappa shape index (κ1) is 15.2. The summed E-state index contributed by atoms with van der Waals surface area (Å²) in [6.07, 6.45) is 4.78. The van der Waals surface area contributed by atoms with Crippen LogP contribution in [0.2, 0.25) is 0 Å². The maximum atomic E-state index is 4.29. The zero-order chi connectivity index (χ0) is 13.5. The second-order valence-electron chi connectivity index (χ2n) is 5.18. The molecule has 1 rings (SSSR count). The molecule has 4 nitrogen and oxygen atoms in total. The number of rotatable bonds is 7. The minimum Gasteiger partial charge on any atom is -0.366 e. The molecular weight excluding hydrogens is 244 g/mol. The van der Waals surface area contributed by atoms with E-state index in [2.05, 4.69) is 48.1 Å². The van der Waals surface area contributed by atoms with Crippen molar-refractivity contribution in [3.05, 3.63) is 12.4 Å². The molecule has 0 bridgehead atoms. The second kappa shape index (κ2) is 7.59. The number of likely N-dealkylation sites (N-methyl/N-ethyl adjacent to an activating group) is 1. The fourth-order valence-electron chi connectivity index (χ4n) is 1.93. The van der Waals surface area contributed by atoms with Gasteiger partial charge in [0.15, 0.2) is 0 Å². The fraction of sp³-hybridized carbons (Fsp3) is 0.692. The first-order valence-electron chi connectivity index (χ1n) is 6.28. The van der Waals surface area contributed by atoms with Gasteiger partial charge in [0.25, 0.3) is 0 Å². The van der Waals surface area contributed by atoms with Crippen molar-refractivity contribution in [2.75, 3.05) is 32.2 Å². The van der Waals surface area contributed by atoms with Gasteiger partial charge in [-0.05, 0) is 32.7 Å². The molecule has 0 aliphatic heterocycles. The molecule has 102 valence electrons. The van der Waals surface area contributed by atoms with Crippen LogP contribution in [0, 0.1) is 5.92 Å². The van der Waals surface area contributed by atoms with E-state index in [9.17, 15) is 0 Å². The van der Waals surface area contributed by atoms with Gasteiger partial charge in [-0.3, -0.25) is 0 Å². The lowest BCUT2D eigenvalue weighted by Crippen LogP contribution is -2.33. The first-order chi connectivity index (χ1) is 8.51. The topological polar surface area (TPSA) is 41.0 Å². The summed E-state index contributed by atoms with van der Waals surface area (Å²) in [6, 6.07) is 2.43. The van der Waals surface area contributed by atoms with Crippen LogP contribution < -0.4 is 5.32 Å². The van der Waals surface area contributed by atoms with Gasteiger partial charge in [0.1, 0.15) is 17.2 Å². The van der Waals surface area contributed by atoms with E-state index in [1.54, 1.807) is 18.1 Å². The molecule has 0 saturated carbocycles. The zero-order valence-electron chi connectivity index (χ0n) is 12.0. The van der Waals surface area contributed by atoms with Crippen LogP contribution in [0.3, 0.4) is 0 Å². The predicted molar refractivity (Wildman–Crippen MR) is 79.2 cm³/mol. The van der Waals surface area contributed by atoms with Crippen molar-refractivity contribution in [1.29, 1.82) is 0 Å². The molecule has 0 aromatic carbocycles. The molecule has 5 heteroatoms. The Morgan fingerprint density at radius 3 is 2.61 bits per heavy atom. The summed E-state index contributed by atoms with van der Waals surface area (Å²) in [5.74, 6) is 1.59. The van der Waals surface area contributed by atoms with Gasteiger partial charge in [-0.15, -0.1) is 11.8 Å². The molecule has 1 aromatic heterocycles. The number of nitrogens with zero attached hydrogens (tertiary/aromatic N) is 3. The number of thioether (sulfide) groups is 1. The molecule has 0 aliphatic carbocycles. The van der Waals surface area contributed by atoms with Gasteiger partial charge >= 0.3 is 0 Å². The third-order valence-electron chi connectivity index (χ3n) is 2.54. The second-order valence-corrected chi connectivity index (χ2v) is 6.01. The van der Waals surface area contributed by atoms with Crippen LogP contribution in [0.5, 0.6) is 0 Å². The van der Waals surface area contributed by atoms with Gasteiger partial charge in [0.05, 0.1) is 0 Å². The SMILES string of the molecule is CSc1cc(NC(CC(C)C)CN(C)C)ncn1. The van der Waals surface area contributed by atoms with E-state index in [1.807, 2.05) is 12.3 Å². The number of hydrogen-bond donors (Lipinski definition) is 1. The van der Waals surface area contributed by atoms with Crippen molar-refractivity contribution in [2.45, 2.75) is 31.3 Å². The molecule has 18 heavy (non-hydrogen) atoms. The Balaban J connectivity index is 2.68. The fourth-order valence-corrected chi connectivity index (χ4v) is 2.31. The minimum absolute atomic E-state index is 0.421. The summed E-state index contributed by atoms with van der Waals surface area (Å²) >= 11 is 1.64. The average Bonchev–Trinajstić information content (AvgIpc) is 2.27. The van der Waals surface area contributed by atoms with Crippen LogP contribution in [-0.4, -0.2) is 47.8 Å². The highest BCUT2D eigenvalue weighted by atomic mass is 32.2. The first-order valence-corrected chi connectivity index (χ1v) is 7.51. The predicted octanol–water partition coefficient (Wildman–Crippen LogP) is 2.59. The van der Waals surface area contributed by atoms with E-state index in [4.69, 9.17) is 0 Å². The lowest BCUT2D eigenvalue weighted by atomic mass is 10.0. The van der Waals surface area contributed by atoms with E-state index < -0.39 is 0 Å². The highest BCUT2D eigenvalue weighted by molar-refractivity contribution is 7.98. The normalized spacial score (nSPS) is 13.1. The van der Waals surface area contributed by atoms with Gasteiger partial charge in [-0.1, -0.05) is 13.8 Å². The summed E-state index contributed by atoms with van der Waals surface area (Å²) < 4.78 is 0. The summed E-state index contributed by atoms with van der Waals surface area (Å²) in [5.41, 5.74) is 0. The Bertz CT molecular complexity index is 345. The summed E-state index contributed by atoms with van der Waals surface area (Å²) in [6.45, 7) is 5.51. The summed E-state index contributed by atoms with van der Waals surface area (Å²) in [5, 5.41) is 4.51. The summed E-state index contributed by atoms with van der Waals surface area (Å²) in [7, 11) is 4.20. The van der Waals surface area contributed by atoms with Gasteiger partial charge in [0, 0.05) is 18.7 Å².